The number of rotatable bonds is 6. The first-order valence-electron chi connectivity index (χ1n) is 6.51. The van der Waals surface area contributed by atoms with E-state index in [-0.39, 0.29) is 23.3 Å². The predicted octanol–water partition coefficient (Wildman–Crippen LogP) is 2.52. The molecular formula is C13H18N4O3. The number of anilines is 1. The molecule has 7 nitrogen and oxygen atoms in total. The molecule has 0 radical (unpaired) electrons. The molecule has 0 aliphatic heterocycles. The van der Waals surface area contributed by atoms with Crippen LogP contribution < -0.4 is 11.1 Å². The van der Waals surface area contributed by atoms with Crippen molar-refractivity contribution in [2.45, 2.75) is 26.3 Å². The zero-order chi connectivity index (χ0) is 14.7. The van der Waals surface area contributed by atoms with E-state index in [2.05, 4.69) is 24.1 Å². The molecule has 0 aliphatic carbocycles. The van der Waals surface area contributed by atoms with Crippen molar-refractivity contribution in [1.82, 2.24) is 4.98 Å². The standard InChI is InChI=1S/C13H18N4O3/c1-8(2)6-9(7-14)15-13-16-12-10(17(18)19)4-3-5-11(12)20-13/h3-5,8-9H,6-7,14H2,1-2H3,(H,15,16). The van der Waals surface area contributed by atoms with E-state index < -0.39 is 4.92 Å². The molecule has 0 saturated heterocycles. The summed E-state index contributed by atoms with van der Waals surface area (Å²) in [6.07, 6.45) is 0.872. The van der Waals surface area contributed by atoms with Crippen LogP contribution in [0.1, 0.15) is 20.3 Å². The van der Waals surface area contributed by atoms with Gasteiger partial charge in [-0.3, -0.25) is 10.1 Å². The highest BCUT2D eigenvalue weighted by molar-refractivity contribution is 5.84. The molecule has 3 N–H and O–H groups in total. The summed E-state index contributed by atoms with van der Waals surface area (Å²) in [5, 5.41) is 14.0. The maximum atomic E-state index is 10.9. The molecule has 0 bridgehead atoms. The molecule has 1 aromatic heterocycles. The highest BCUT2D eigenvalue weighted by Gasteiger charge is 2.19. The van der Waals surface area contributed by atoms with E-state index in [1.807, 2.05) is 0 Å². The fraction of sp³-hybridized carbons (Fsp3) is 0.462. The molecule has 0 fully saturated rings. The van der Waals surface area contributed by atoms with Crippen molar-refractivity contribution in [3.8, 4) is 0 Å². The van der Waals surface area contributed by atoms with E-state index in [0.29, 0.717) is 18.0 Å². The van der Waals surface area contributed by atoms with Crippen LogP contribution in [0.2, 0.25) is 0 Å². The summed E-state index contributed by atoms with van der Waals surface area (Å²) in [6.45, 7) is 4.64. The van der Waals surface area contributed by atoms with Gasteiger partial charge in [0.05, 0.1) is 4.92 Å². The molecule has 1 aromatic carbocycles. The fourth-order valence-corrected chi connectivity index (χ4v) is 2.10. The van der Waals surface area contributed by atoms with Crippen LogP contribution in [0.25, 0.3) is 11.1 Å². The number of nitrogens with zero attached hydrogens (tertiary/aromatic N) is 2. The number of nitro groups is 1. The number of nitro benzene ring substituents is 1. The predicted molar refractivity (Wildman–Crippen MR) is 76.6 cm³/mol. The summed E-state index contributed by atoms with van der Waals surface area (Å²) in [6, 6.07) is 4.93. The number of fused-ring (bicyclic) bond motifs is 1. The smallest absolute Gasteiger partial charge is 0.298 e. The summed E-state index contributed by atoms with van der Waals surface area (Å²) < 4.78 is 5.49. The molecule has 2 aromatic rings. The van der Waals surface area contributed by atoms with Crippen LogP contribution in [0.3, 0.4) is 0 Å². The summed E-state index contributed by atoms with van der Waals surface area (Å²) >= 11 is 0. The minimum Gasteiger partial charge on any atom is -0.423 e. The number of aromatic nitrogens is 1. The molecule has 0 aliphatic rings. The van der Waals surface area contributed by atoms with E-state index in [4.69, 9.17) is 10.2 Å². The van der Waals surface area contributed by atoms with Crippen LogP contribution in [0.5, 0.6) is 0 Å². The SMILES string of the molecule is CC(C)CC(CN)Nc1nc2c([N+](=O)[O-])cccc2o1. The molecule has 0 amide bonds. The second kappa shape index (κ2) is 5.87. The number of nitrogens with one attached hydrogen (secondary N) is 1. The number of nitrogens with two attached hydrogens (primary N) is 1. The Kier molecular flexibility index (Phi) is 4.19. The first-order valence-corrected chi connectivity index (χ1v) is 6.51. The minimum atomic E-state index is -0.469. The third kappa shape index (κ3) is 3.05. The van der Waals surface area contributed by atoms with Gasteiger partial charge in [-0.2, -0.15) is 4.98 Å². The Hall–Kier alpha value is -2.15. The topological polar surface area (TPSA) is 107 Å². The number of hydrogen-bond acceptors (Lipinski definition) is 6. The van der Waals surface area contributed by atoms with Gasteiger partial charge >= 0.3 is 0 Å². The third-order valence-corrected chi connectivity index (χ3v) is 2.96. The zero-order valence-electron chi connectivity index (χ0n) is 11.5. The van der Waals surface area contributed by atoms with Gasteiger partial charge in [-0.05, 0) is 18.4 Å². The summed E-state index contributed by atoms with van der Waals surface area (Å²) in [7, 11) is 0. The van der Waals surface area contributed by atoms with Crippen LogP contribution in [-0.4, -0.2) is 22.5 Å². The van der Waals surface area contributed by atoms with Crippen molar-refractivity contribution in [2.75, 3.05) is 11.9 Å². The Morgan fingerprint density at radius 1 is 1.50 bits per heavy atom. The number of hydrogen-bond donors (Lipinski definition) is 2. The van der Waals surface area contributed by atoms with Crippen molar-refractivity contribution in [3.05, 3.63) is 28.3 Å². The molecule has 108 valence electrons. The Bertz CT molecular complexity index is 609. The summed E-state index contributed by atoms with van der Waals surface area (Å²) in [5.41, 5.74) is 6.28. The Morgan fingerprint density at radius 3 is 2.85 bits per heavy atom. The van der Waals surface area contributed by atoms with E-state index >= 15 is 0 Å². The molecule has 1 atom stereocenters. The van der Waals surface area contributed by atoms with E-state index in [9.17, 15) is 10.1 Å². The summed E-state index contributed by atoms with van der Waals surface area (Å²) in [5.74, 6) is 0.481. The van der Waals surface area contributed by atoms with Crippen molar-refractivity contribution in [3.63, 3.8) is 0 Å². The van der Waals surface area contributed by atoms with Gasteiger partial charge in [-0.1, -0.05) is 19.9 Å². The largest absolute Gasteiger partial charge is 0.423 e. The number of oxazole rings is 1. The van der Waals surface area contributed by atoms with Gasteiger partial charge in [-0.15, -0.1) is 0 Å². The fourth-order valence-electron chi connectivity index (χ4n) is 2.10. The van der Waals surface area contributed by atoms with Crippen molar-refractivity contribution in [2.24, 2.45) is 11.7 Å². The van der Waals surface area contributed by atoms with Crippen LogP contribution in [0.15, 0.2) is 22.6 Å². The van der Waals surface area contributed by atoms with E-state index in [1.165, 1.54) is 6.07 Å². The quantitative estimate of drug-likeness (QED) is 0.621. The molecule has 20 heavy (non-hydrogen) atoms. The first-order chi connectivity index (χ1) is 9.51. The molecule has 1 unspecified atom stereocenters. The zero-order valence-corrected chi connectivity index (χ0v) is 11.5. The molecule has 2 rings (SSSR count). The average Bonchev–Trinajstić information content (AvgIpc) is 2.78. The lowest BCUT2D eigenvalue weighted by Crippen LogP contribution is -2.30. The van der Waals surface area contributed by atoms with Gasteiger partial charge in [0.25, 0.3) is 11.7 Å². The average molecular weight is 278 g/mol. The van der Waals surface area contributed by atoms with Crippen LogP contribution in [0.4, 0.5) is 11.7 Å². The van der Waals surface area contributed by atoms with Gasteiger partial charge in [0, 0.05) is 18.7 Å². The van der Waals surface area contributed by atoms with Crippen molar-refractivity contribution < 1.29 is 9.34 Å². The van der Waals surface area contributed by atoms with Crippen LogP contribution in [0, 0.1) is 16.0 Å². The Balaban J connectivity index is 2.27. The molecular weight excluding hydrogens is 260 g/mol. The van der Waals surface area contributed by atoms with Gasteiger partial charge < -0.3 is 15.5 Å². The number of benzene rings is 1. The Morgan fingerprint density at radius 2 is 2.25 bits per heavy atom. The number of non-ortho nitro benzene ring substituents is 1. The highest BCUT2D eigenvalue weighted by atomic mass is 16.6. The monoisotopic (exact) mass is 278 g/mol. The second-order valence-corrected chi connectivity index (χ2v) is 5.11. The minimum absolute atomic E-state index is 0.0297. The molecule has 1 heterocycles. The highest BCUT2D eigenvalue weighted by Crippen LogP contribution is 2.27. The Labute approximate surface area is 116 Å². The van der Waals surface area contributed by atoms with Crippen molar-refractivity contribution >= 4 is 22.8 Å². The summed E-state index contributed by atoms with van der Waals surface area (Å²) in [4.78, 5) is 14.6. The van der Waals surface area contributed by atoms with E-state index in [0.717, 1.165) is 6.42 Å². The number of para-hydroxylation sites is 1. The van der Waals surface area contributed by atoms with E-state index in [1.54, 1.807) is 12.1 Å². The van der Waals surface area contributed by atoms with Crippen molar-refractivity contribution in [1.29, 1.82) is 0 Å². The lowest BCUT2D eigenvalue weighted by atomic mass is 10.0. The third-order valence-electron chi connectivity index (χ3n) is 2.96. The molecule has 0 saturated carbocycles. The molecule has 0 spiro atoms. The van der Waals surface area contributed by atoms with Gasteiger partial charge in [-0.25, -0.2) is 0 Å². The van der Waals surface area contributed by atoms with Crippen LogP contribution >= 0.6 is 0 Å². The molecule has 7 heteroatoms. The van der Waals surface area contributed by atoms with Crippen LogP contribution in [-0.2, 0) is 0 Å². The normalized spacial score (nSPS) is 12.8. The second-order valence-electron chi connectivity index (χ2n) is 5.11. The van der Waals surface area contributed by atoms with Gasteiger partial charge in [0.15, 0.2) is 11.1 Å². The lowest BCUT2D eigenvalue weighted by Gasteiger charge is -2.17. The van der Waals surface area contributed by atoms with Gasteiger partial charge in [0.2, 0.25) is 0 Å². The van der Waals surface area contributed by atoms with Gasteiger partial charge in [0.1, 0.15) is 0 Å². The maximum absolute atomic E-state index is 10.9. The lowest BCUT2D eigenvalue weighted by molar-refractivity contribution is -0.383. The first kappa shape index (κ1) is 14.3. The maximum Gasteiger partial charge on any atom is 0.298 e.